The molecule has 0 aliphatic carbocycles. The van der Waals surface area contributed by atoms with E-state index in [1.807, 2.05) is 0 Å². The third-order valence-electron chi connectivity index (χ3n) is 6.30. The van der Waals surface area contributed by atoms with Crippen LogP contribution in [0.25, 0.3) is 10.2 Å². The zero-order chi connectivity index (χ0) is 25.4. The van der Waals surface area contributed by atoms with E-state index in [1.54, 1.807) is 42.3 Å². The van der Waals surface area contributed by atoms with Crippen LogP contribution in [0.5, 0.6) is 0 Å². The topological polar surface area (TPSA) is 99.6 Å². The van der Waals surface area contributed by atoms with Crippen LogP contribution in [0.3, 0.4) is 0 Å². The number of aromatic nitrogens is 1. The van der Waals surface area contributed by atoms with Gasteiger partial charge in [0.2, 0.25) is 0 Å². The van der Waals surface area contributed by atoms with Gasteiger partial charge < -0.3 is 15.3 Å². The summed E-state index contributed by atoms with van der Waals surface area (Å²) in [5.41, 5.74) is 0.769. The van der Waals surface area contributed by atoms with Gasteiger partial charge in [-0.3, -0.25) is 4.79 Å². The molecule has 1 saturated heterocycles. The Balaban J connectivity index is 1.48. The second-order valence-corrected chi connectivity index (χ2v) is 13.0. The molecule has 0 atom stereocenters. The summed E-state index contributed by atoms with van der Waals surface area (Å²) in [6.07, 6.45) is 1.86. The van der Waals surface area contributed by atoms with E-state index in [2.05, 4.69) is 24.1 Å². The smallest absolute Gasteiger partial charge is 0.253 e. The summed E-state index contributed by atoms with van der Waals surface area (Å²) < 4.78 is 27.2. The lowest BCUT2D eigenvalue weighted by atomic mass is 9.84. The molecule has 2 aromatic carbocycles. The number of thiazole rings is 1. The Bertz CT molecular complexity index is 1330. The maximum atomic E-state index is 13.3. The van der Waals surface area contributed by atoms with Gasteiger partial charge in [-0.1, -0.05) is 48.9 Å². The number of anilines is 1. The molecule has 10 heteroatoms. The monoisotopic (exact) mass is 535 g/mol. The predicted molar refractivity (Wildman–Crippen MR) is 141 cm³/mol. The minimum Gasteiger partial charge on any atom is -0.390 e. The minimum atomic E-state index is -3.73. The number of hydrogen-bond donors (Lipinski definition) is 2. The number of nitrogens with one attached hydrogen (secondary N) is 1. The van der Waals surface area contributed by atoms with Gasteiger partial charge in [0, 0.05) is 30.7 Å². The Kier molecular flexibility index (Phi) is 7.43. The number of aliphatic hydroxyl groups is 1. The van der Waals surface area contributed by atoms with Crippen molar-refractivity contribution >= 4 is 54.0 Å². The molecule has 7 nitrogen and oxygen atoms in total. The van der Waals surface area contributed by atoms with Crippen molar-refractivity contribution < 1.29 is 18.3 Å². The number of likely N-dealkylation sites (tertiary alicyclic amines) is 1. The fourth-order valence-electron chi connectivity index (χ4n) is 4.62. The summed E-state index contributed by atoms with van der Waals surface area (Å²) in [4.78, 5) is 19.2. The molecular formula is C25H30ClN3O4S2. The molecule has 0 bridgehead atoms. The van der Waals surface area contributed by atoms with Gasteiger partial charge in [-0.15, -0.1) is 0 Å². The van der Waals surface area contributed by atoms with Crippen molar-refractivity contribution in [1.82, 2.24) is 9.88 Å². The maximum Gasteiger partial charge on any atom is 0.253 e. The van der Waals surface area contributed by atoms with Crippen LogP contribution < -0.4 is 5.32 Å². The summed E-state index contributed by atoms with van der Waals surface area (Å²) >= 11 is 7.53. The molecule has 1 aromatic heterocycles. The fraction of sp³-hybridized carbons (Fsp3) is 0.440. The van der Waals surface area contributed by atoms with Gasteiger partial charge in [-0.05, 0) is 55.0 Å². The van der Waals surface area contributed by atoms with Crippen LogP contribution in [0.15, 0.2) is 41.3 Å². The Morgan fingerprint density at radius 3 is 2.49 bits per heavy atom. The van der Waals surface area contributed by atoms with E-state index in [0.717, 1.165) is 6.42 Å². The minimum absolute atomic E-state index is 0.0973. The van der Waals surface area contributed by atoms with Crippen LogP contribution in [0, 0.1) is 5.92 Å². The van der Waals surface area contributed by atoms with E-state index in [0.29, 0.717) is 63.3 Å². The molecule has 2 heterocycles. The molecule has 1 aliphatic rings. The van der Waals surface area contributed by atoms with Crippen LogP contribution in [0.2, 0.25) is 5.02 Å². The molecule has 1 amide bonds. The lowest BCUT2D eigenvalue weighted by Gasteiger charge is -2.39. The first-order valence-electron chi connectivity index (χ1n) is 11.6. The van der Waals surface area contributed by atoms with Crippen molar-refractivity contribution in [3.8, 4) is 0 Å². The van der Waals surface area contributed by atoms with Gasteiger partial charge >= 0.3 is 0 Å². The number of amides is 1. The van der Waals surface area contributed by atoms with Crippen LogP contribution in [0.1, 0.15) is 49.0 Å². The SMILES string of the molecule is CNc1nc2c(S(=O)(=O)Cc3ccc(C(=O)N4CCC(O)(CC(C)C)CC4)cc3)cc(Cl)cc2s1. The maximum absolute atomic E-state index is 13.3. The summed E-state index contributed by atoms with van der Waals surface area (Å²) in [6.45, 7) is 5.18. The summed E-state index contributed by atoms with van der Waals surface area (Å²) in [7, 11) is -2.00. The predicted octanol–water partition coefficient (Wildman–Crippen LogP) is 4.98. The molecule has 4 rings (SSSR count). The Morgan fingerprint density at radius 2 is 1.89 bits per heavy atom. The number of piperidine rings is 1. The highest BCUT2D eigenvalue weighted by Gasteiger charge is 2.34. The average Bonchev–Trinajstić information content (AvgIpc) is 3.21. The molecule has 0 unspecified atom stereocenters. The first-order valence-corrected chi connectivity index (χ1v) is 14.5. The Morgan fingerprint density at radius 1 is 1.23 bits per heavy atom. The number of halogens is 1. The summed E-state index contributed by atoms with van der Waals surface area (Å²) in [6, 6.07) is 9.82. The molecule has 2 N–H and O–H groups in total. The molecule has 0 radical (unpaired) electrons. The van der Waals surface area contributed by atoms with Gasteiger partial charge in [-0.25, -0.2) is 13.4 Å². The quantitative estimate of drug-likeness (QED) is 0.442. The highest BCUT2D eigenvalue weighted by atomic mass is 35.5. The van der Waals surface area contributed by atoms with E-state index < -0.39 is 15.4 Å². The number of benzene rings is 2. The summed E-state index contributed by atoms with van der Waals surface area (Å²) in [5.74, 6) is 0.0644. The van der Waals surface area contributed by atoms with E-state index in [9.17, 15) is 18.3 Å². The van der Waals surface area contributed by atoms with Crippen molar-refractivity contribution in [2.75, 3.05) is 25.5 Å². The van der Waals surface area contributed by atoms with Crippen molar-refractivity contribution in [2.24, 2.45) is 5.92 Å². The highest BCUT2D eigenvalue weighted by Crippen LogP contribution is 2.35. The highest BCUT2D eigenvalue weighted by molar-refractivity contribution is 7.90. The largest absolute Gasteiger partial charge is 0.390 e. The van der Waals surface area contributed by atoms with E-state index in [1.165, 1.54) is 17.4 Å². The molecule has 35 heavy (non-hydrogen) atoms. The van der Waals surface area contributed by atoms with Gasteiger partial charge in [0.15, 0.2) is 15.0 Å². The van der Waals surface area contributed by atoms with Gasteiger partial charge in [0.1, 0.15) is 5.52 Å². The van der Waals surface area contributed by atoms with Crippen LogP contribution in [-0.2, 0) is 15.6 Å². The van der Waals surface area contributed by atoms with Crippen LogP contribution in [0.4, 0.5) is 5.13 Å². The molecule has 3 aromatic rings. The fourth-order valence-corrected chi connectivity index (χ4v) is 7.47. The van der Waals surface area contributed by atoms with Crippen molar-refractivity contribution in [3.63, 3.8) is 0 Å². The third kappa shape index (κ3) is 5.80. The second kappa shape index (κ2) is 10.0. The standard InChI is InChI=1S/C25H30ClN3O4S2/c1-16(2)14-25(31)8-10-29(11-9-25)23(30)18-6-4-17(5-7-18)15-35(32,33)21-13-19(26)12-20-22(21)28-24(27-3)34-20/h4-7,12-13,16,31H,8-11,14-15H2,1-3H3,(H,27,28). The molecule has 1 fully saturated rings. The number of sulfone groups is 1. The number of carbonyl (C=O) groups excluding carboxylic acids is 1. The van der Waals surface area contributed by atoms with Crippen LogP contribution in [-0.4, -0.2) is 55.1 Å². The van der Waals surface area contributed by atoms with E-state index in [4.69, 9.17) is 11.6 Å². The molecular weight excluding hydrogens is 506 g/mol. The number of carbonyl (C=O) groups is 1. The molecule has 1 aliphatic heterocycles. The number of rotatable bonds is 7. The van der Waals surface area contributed by atoms with E-state index >= 15 is 0 Å². The molecule has 0 spiro atoms. The van der Waals surface area contributed by atoms with Gasteiger partial charge in [0.05, 0.1) is 20.9 Å². The Hall–Kier alpha value is -2.20. The Labute approximate surface area is 215 Å². The van der Waals surface area contributed by atoms with Crippen molar-refractivity contribution in [3.05, 3.63) is 52.5 Å². The number of hydrogen-bond acceptors (Lipinski definition) is 7. The normalized spacial score (nSPS) is 16.1. The van der Waals surface area contributed by atoms with Gasteiger partial charge in [-0.2, -0.15) is 0 Å². The lowest BCUT2D eigenvalue weighted by molar-refractivity contribution is -0.0311. The van der Waals surface area contributed by atoms with Gasteiger partial charge in [0.25, 0.3) is 5.91 Å². The summed E-state index contributed by atoms with van der Waals surface area (Å²) in [5, 5.41) is 14.6. The second-order valence-electron chi connectivity index (χ2n) is 9.59. The molecule has 188 valence electrons. The third-order valence-corrected chi connectivity index (χ3v) is 9.23. The zero-order valence-corrected chi connectivity index (χ0v) is 22.4. The zero-order valence-electron chi connectivity index (χ0n) is 20.0. The first kappa shape index (κ1) is 25.9. The lowest BCUT2D eigenvalue weighted by Crippen LogP contribution is -2.47. The van der Waals surface area contributed by atoms with Crippen molar-refractivity contribution in [2.45, 2.75) is 49.4 Å². The van der Waals surface area contributed by atoms with E-state index in [-0.39, 0.29) is 16.6 Å². The van der Waals surface area contributed by atoms with Crippen molar-refractivity contribution in [1.29, 1.82) is 0 Å². The first-order chi connectivity index (χ1) is 16.5. The number of fused-ring (bicyclic) bond motifs is 1. The molecule has 0 saturated carbocycles. The number of nitrogens with zero attached hydrogens (tertiary/aromatic N) is 2. The average molecular weight is 536 g/mol. The van der Waals surface area contributed by atoms with Crippen LogP contribution >= 0.6 is 22.9 Å².